The van der Waals surface area contributed by atoms with E-state index in [1.54, 1.807) is 13.2 Å². The van der Waals surface area contributed by atoms with Gasteiger partial charge in [-0.3, -0.25) is 4.79 Å². The van der Waals surface area contributed by atoms with Crippen LogP contribution in [-0.2, 0) is 4.79 Å². The van der Waals surface area contributed by atoms with Crippen molar-refractivity contribution < 1.29 is 9.53 Å². The number of nitrogens with one attached hydrogen (secondary N) is 1. The first-order valence-corrected chi connectivity index (χ1v) is 8.76. The Morgan fingerprint density at radius 3 is 2.88 bits per heavy atom. The Kier molecular flexibility index (Phi) is 4.86. The van der Waals surface area contributed by atoms with Crippen LogP contribution < -0.4 is 15.0 Å². The highest BCUT2D eigenvalue weighted by molar-refractivity contribution is 6.30. The molecule has 3 rings (SSSR count). The minimum absolute atomic E-state index is 0.0482. The largest absolute Gasteiger partial charge is 0.495 e. The van der Waals surface area contributed by atoms with Gasteiger partial charge in [0.15, 0.2) is 0 Å². The number of halogens is 1. The van der Waals surface area contributed by atoms with E-state index in [-0.39, 0.29) is 11.9 Å². The summed E-state index contributed by atoms with van der Waals surface area (Å²) >= 11 is 6.11. The van der Waals surface area contributed by atoms with Crippen molar-refractivity contribution in [3.63, 3.8) is 0 Å². The second-order valence-electron chi connectivity index (χ2n) is 6.62. The first-order valence-electron chi connectivity index (χ1n) is 8.39. The summed E-state index contributed by atoms with van der Waals surface area (Å²) in [6, 6.07) is 7.85. The van der Waals surface area contributed by atoms with Gasteiger partial charge in [-0.2, -0.15) is 5.26 Å². The summed E-state index contributed by atoms with van der Waals surface area (Å²) < 4.78 is 5.41. The van der Waals surface area contributed by atoms with Gasteiger partial charge in [0.2, 0.25) is 5.91 Å². The van der Waals surface area contributed by atoms with Gasteiger partial charge in [0.1, 0.15) is 11.2 Å². The third-order valence-electron chi connectivity index (χ3n) is 5.11. The molecule has 1 saturated heterocycles. The highest BCUT2D eigenvalue weighted by Crippen LogP contribution is 2.38. The van der Waals surface area contributed by atoms with Crippen LogP contribution in [0.25, 0.3) is 0 Å². The number of carbonyl (C=O) groups excluding carboxylic acids is 1. The lowest BCUT2D eigenvalue weighted by molar-refractivity contribution is -0.128. The van der Waals surface area contributed by atoms with Crippen LogP contribution in [0.2, 0.25) is 5.02 Å². The van der Waals surface area contributed by atoms with Gasteiger partial charge in [-0.05, 0) is 37.5 Å². The molecule has 1 heterocycles. The number of hydrogen-bond donors (Lipinski definition) is 1. The Bertz CT molecular complexity index is 665. The SMILES string of the molecule is COc1ccc(Cl)cc1N1CCC(NC(=O)C2(C#N)CCCC2)C1. The number of ether oxygens (including phenoxy) is 1. The summed E-state index contributed by atoms with van der Waals surface area (Å²) in [4.78, 5) is 14.7. The van der Waals surface area contributed by atoms with Gasteiger partial charge < -0.3 is 15.0 Å². The zero-order chi connectivity index (χ0) is 17.2. The van der Waals surface area contributed by atoms with Crippen LogP contribution in [0.3, 0.4) is 0 Å². The van der Waals surface area contributed by atoms with Crippen LogP contribution in [0.4, 0.5) is 5.69 Å². The molecule has 0 radical (unpaired) electrons. The number of carbonyl (C=O) groups is 1. The van der Waals surface area contributed by atoms with Crippen molar-refractivity contribution in [2.75, 3.05) is 25.1 Å². The molecule has 2 aliphatic rings. The van der Waals surface area contributed by atoms with Crippen LogP contribution >= 0.6 is 11.6 Å². The fourth-order valence-electron chi connectivity index (χ4n) is 3.70. The summed E-state index contributed by atoms with van der Waals surface area (Å²) in [6.45, 7) is 1.52. The number of methoxy groups -OCH3 is 1. The smallest absolute Gasteiger partial charge is 0.240 e. The van der Waals surface area contributed by atoms with Gasteiger partial charge in [-0.25, -0.2) is 0 Å². The number of benzene rings is 1. The van der Waals surface area contributed by atoms with E-state index < -0.39 is 5.41 Å². The monoisotopic (exact) mass is 347 g/mol. The number of nitriles is 1. The predicted octanol–water partition coefficient (Wildman–Crippen LogP) is 3.13. The molecule has 0 aromatic heterocycles. The minimum Gasteiger partial charge on any atom is -0.495 e. The van der Waals surface area contributed by atoms with E-state index >= 15 is 0 Å². The van der Waals surface area contributed by atoms with Crippen molar-refractivity contribution in [3.05, 3.63) is 23.2 Å². The molecule has 1 N–H and O–H groups in total. The van der Waals surface area contributed by atoms with Crippen molar-refractivity contribution >= 4 is 23.2 Å². The highest BCUT2D eigenvalue weighted by Gasteiger charge is 2.42. The van der Waals surface area contributed by atoms with Crippen molar-refractivity contribution in [3.8, 4) is 11.8 Å². The number of hydrogen-bond acceptors (Lipinski definition) is 4. The molecule has 128 valence electrons. The van der Waals surface area contributed by atoms with Gasteiger partial charge in [-0.1, -0.05) is 24.4 Å². The lowest BCUT2D eigenvalue weighted by Gasteiger charge is -2.24. The summed E-state index contributed by atoms with van der Waals surface area (Å²) in [7, 11) is 1.64. The van der Waals surface area contributed by atoms with Gasteiger partial charge >= 0.3 is 0 Å². The van der Waals surface area contributed by atoms with E-state index in [9.17, 15) is 10.1 Å². The fourth-order valence-corrected chi connectivity index (χ4v) is 3.87. The molecular formula is C18H22ClN3O2. The summed E-state index contributed by atoms with van der Waals surface area (Å²) in [5, 5.41) is 13.2. The Morgan fingerprint density at radius 1 is 1.46 bits per heavy atom. The first-order chi connectivity index (χ1) is 11.6. The number of anilines is 1. The van der Waals surface area contributed by atoms with E-state index in [2.05, 4.69) is 16.3 Å². The molecule has 6 heteroatoms. The molecule has 1 aromatic carbocycles. The van der Waals surface area contributed by atoms with E-state index in [4.69, 9.17) is 16.3 Å². The predicted molar refractivity (Wildman–Crippen MR) is 93.3 cm³/mol. The molecule has 1 aromatic rings. The first kappa shape index (κ1) is 16.9. The normalized spacial score (nSPS) is 22.2. The number of rotatable bonds is 4. The molecular weight excluding hydrogens is 326 g/mol. The zero-order valence-corrected chi connectivity index (χ0v) is 14.6. The van der Waals surface area contributed by atoms with Crippen LogP contribution in [0.1, 0.15) is 32.1 Å². The molecule has 1 atom stereocenters. The van der Waals surface area contributed by atoms with E-state index in [1.165, 1.54) is 0 Å². The molecule has 2 fully saturated rings. The highest BCUT2D eigenvalue weighted by atomic mass is 35.5. The molecule has 0 bridgehead atoms. The van der Waals surface area contributed by atoms with Crippen LogP contribution in [-0.4, -0.2) is 32.1 Å². The quantitative estimate of drug-likeness (QED) is 0.908. The maximum absolute atomic E-state index is 12.6. The molecule has 1 saturated carbocycles. The molecule has 1 aliphatic heterocycles. The van der Waals surface area contributed by atoms with Crippen molar-refractivity contribution in [2.24, 2.45) is 5.41 Å². The standard InChI is InChI=1S/C18H22ClN3O2/c1-24-16-5-4-13(19)10-15(16)22-9-6-14(11-22)21-17(23)18(12-20)7-2-3-8-18/h4-5,10,14H,2-3,6-9,11H2,1H3,(H,21,23). The average molecular weight is 348 g/mol. The van der Waals surface area contributed by atoms with Crippen LogP contribution in [0.5, 0.6) is 5.75 Å². The van der Waals surface area contributed by atoms with E-state index in [1.807, 2.05) is 12.1 Å². The third-order valence-corrected chi connectivity index (χ3v) is 5.35. The molecule has 1 unspecified atom stereocenters. The van der Waals surface area contributed by atoms with Gasteiger partial charge in [0.25, 0.3) is 0 Å². The Balaban J connectivity index is 1.67. The number of amides is 1. The van der Waals surface area contributed by atoms with Crippen LogP contribution in [0.15, 0.2) is 18.2 Å². The van der Waals surface area contributed by atoms with Crippen molar-refractivity contribution in [2.45, 2.75) is 38.1 Å². The molecule has 0 spiro atoms. The Hall–Kier alpha value is -1.93. The second-order valence-corrected chi connectivity index (χ2v) is 7.06. The topological polar surface area (TPSA) is 65.4 Å². The Labute approximate surface area is 147 Å². The summed E-state index contributed by atoms with van der Waals surface area (Å²) in [5.74, 6) is 0.670. The van der Waals surface area contributed by atoms with E-state index in [0.29, 0.717) is 24.4 Å². The maximum Gasteiger partial charge on any atom is 0.240 e. The summed E-state index contributed by atoms with van der Waals surface area (Å²) in [5.41, 5.74) is 0.124. The zero-order valence-electron chi connectivity index (χ0n) is 13.8. The van der Waals surface area contributed by atoms with Crippen molar-refractivity contribution in [1.82, 2.24) is 5.32 Å². The molecule has 1 amide bonds. The van der Waals surface area contributed by atoms with Gasteiger partial charge in [0, 0.05) is 24.2 Å². The van der Waals surface area contributed by atoms with Gasteiger partial charge in [-0.15, -0.1) is 0 Å². The lowest BCUT2D eigenvalue weighted by Crippen LogP contribution is -2.45. The lowest BCUT2D eigenvalue weighted by atomic mass is 9.87. The second kappa shape index (κ2) is 6.90. The molecule has 5 nitrogen and oxygen atoms in total. The van der Waals surface area contributed by atoms with Crippen LogP contribution in [0, 0.1) is 16.7 Å². The average Bonchev–Trinajstić information content (AvgIpc) is 3.24. The maximum atomic E-state index is 12.6. The molecule has 1 aliphatic carbocycles. The fraction of sp³-hybridized carbons (Fsp3) is 0.556. The van der Waals surface area contributed by atoms with E-state index in [0.717, 1.165) is 37.2 Å². The molecule has 24 heavy (non-hydrogen) atoms. The Morgan fingerprint density at radius 2 is 2.21 bits per heavy atom. The number of nitrogens with zero attached hydrogens (tertiary/aromatic N) is 2. The minimum atomic E-state index is -0.818. The third kappa shape index (κ3) is 3.16. The summed E-state index contributed by atoms with van der Waals surface area (Å²) in [6.07, 6.45) is 4.11. The van der Waals surface area contributed by atoms with Gasteiger partial charge in [0.05, 0.1) is 18.9 Å². The van der Waals surface area contributed by atoms with Crippen molar-refractivity contribution in [1.29, 1.82) is 5.26 Å².